The lowest BCUT2D eigenvalue weighted by Crippen LogP contribution is -2.32. The molecule has 1 heterocycles. The summed E-state index contributed by atoms with van der Waals surface area (Å²) in [5, 5.41) is 4.65. The molecular formula is C22H21Cl2NO2. The Balaban J connectivity index is 1.81. The molecule has 3 atom stereocenters. The van der Waals surface area contributed by atoms with Gasteiger partial charge in [0.1, 0.15) is 0 Å². The maximum Gasteiger partial charge on any atom is 0.337 e. The Hall–Kier alpha value is -1.97. The van der Waals surface area contributed by atoms with Crippen LogP contribution in [-0.4, -0.2) is 13.1 Å². The zero-order chi connectivity index (χ0) is 19.1. The molecule has 140 valence electrons. The van der Waals surface area contributed by atoms with Crippen molar-refractivity contribution in [3.05, 3.63) is 74.8 Å². The third-order valence-corrected chi connectivity index (χ3v) is 6.21. The summed E-state index contributed by atoms with van der Waals surface area (Å²) in [7, 11) is 1.35. The van der Waals surface area contributed by atoms with E-state index in [1.807, 2.05) is 0 Å². The molecule has 1 aliphatic carbocycles. The lowest BCUT2D eigenvalue weighted by Gasteiger charge is -2.42. The molecule has 0 radical (unpaired) electrons. The molecule has 1 N–H and O–H groups in total. The number of rotatable bonds is 2. The van der Waals surface area contributed by atoms with Gasteiger partial charge in [-0.15, -0.1) is 0 Å². The SMILES string of the molecule is COC(=O)c1cc(Cl)c([C@H]2Nc3ccc(C)cc3[C@@H]3C=CCC[C@H]23)c(Cl)c1. The van der Waals surface area contributed by atoms with Gasteiger partial charge in [0, 0.05) is 27.2 Å². The first-order valence-electron chi connectivity index (χ1n) is 9.10. The third kappa shape index (κ3) is 3.24. The van der Waals surface area contributed by atoms with Gasteiger partial charge in [0.25, 0.3) is 0 Å². The molecule has 0 spiro atoms. The van der Waals surface area contributed by atoms with Crippen LogP contribution in [0.1, 0.15) is 51.8 Å². The number of hydrogen-bond donors (Lipinski definition) is 1. The van der Waals surface area contributed by atoms with Crippen LogP contribution in [0.2, 0.25) is 10.0 Å². The van der Waals surface area contributed by atoms with Crippen molar-refractivity contribution in [2.75, 3.05) is 12.4 Å². The Labute approximate surface area is 169 Å². The molecule has 0 fully saturated rings. The number of ether oxygens (including phenoxy) is 1. The van der Waals surface area contributed by atoms with Gasteiger partial charge in [-0.2, -0.15) is 0 Å². The minimum absolute atomic E-state index is 0.0122. The van der Waals surface area contributed by atoms with E-state index < -0.39 is 5.97 Å². The van der Waals surface area contributed by atoms with Crippen molar-refractivity contribution in [2.45, 2.75) is 31.7 Å². The number of methoxy groups -OCH3 is 1. The summed E-state index contributed by atoms with van der Waals surface area (Å²) >= 11 is 13.2. The Bertz CT molecular complexity index is 915. The molecule has 0 bridgehead atoms. The Morgan fingerprint density at radius 3 is 2.63 bits per heavy atom. The summed E-state index contributed by atoms with van der Waals surface area (Å²) in [5.74, 6) is 0.233. The zero-order valence-electron chi connectivity index (χ0n) is 15.3. The molecule has 2 aromatic rings. The Morgan fingerprint density at radius 2 is 1.93 bits per heavy atom. The van der Waals surface area contributed by atoms with Crippen molar-refractivity contribution in [2.24, 2.45) is 5.92 Å². The number of carbonyl (C=O) groups is 1. The smallest absolute Gasteiger partial charge is 0.337 e. The topological polar surface area (TPSA) is 38.3 Å². The monoisotopic (exact) mass is 401 g/mol. The largest absolute Gasteiger partial charge is 0.465 e. The van der Waals surface area contributed by atoms with Crippen molar-refractivity contribution in [1.29, 1.82) is 0 Å². The number of anilines is 1. The van der Waals surface area contributed by atoms with Gasteiger partial charge < -0.3 is 10.1 Å². The van der Waals surface area contributed by atoms with Gasteiger partial charge in [0.2, 0.25) is 0 Å². The van der Waals surface area contributed by atoms with Crippen molar-refractivity contribution in [3.8, 4) is 0 Å². The molecule has 0 unspecified atom stereocenters. The molecule has 0 saturated heterocycles. The maximum absolute atomic E-state index is 11.9. The number of halogens is 2. The van der Waals surface area contributed by atoms with Crippen molar-refractivity contribution >= 4 is 34.9 Å². The summed E-state index contributed by atoms with van der Waals surface area (Å²) < 4.78 is 4.79. The number of allylic oxidation sites excluding steroid dienone is 2. The summed E-state index contributed by atoms with van der Waals surface area (Å²) in [5.41, 5.74) is 4.91. The summed E-state index contributed by atoms with van der Waals surface area (Å²) in [6.45, 7) is 2.12. The van der Waals surface area contributed by atoms with Crippen LogP contribution in [0.25, 0.3) is 0 Å². The minimum atomic E-state index is -0.443. The third-order valence-electron chi connectivity index (χ3n) is 5.59. The van der Waals surface area contributed by atoms with E-state index in [0.29, 0.717) is 27.4 Å². The minimum Gasteiger partial charge on any atom is -0.465 e. The van der Waals surface area contributed by atoms with Crippen LogP contribution in [0.15, 0.2) is 42.5 Å². The van der Waals surface area contributed by atoms with E-state index in [1.54, 1.807) is 12.1 Å². The van der Waals surface area contributed by atoms with Gasteiger partial charge in [0.05, 0.1) is 18.7 Å². The van der Waals surface area contributed by atoms with Crippen LogP contribution in [0.3, 0.4) is 0 Å². The highest BCUT2D eigenvalue weighted by Crippen LogP contribution is 2.51. The molecular weight excluding hydrogens is 381 g/mol. The molecule has 2 aliphatic rings. The highest BCUT2D eigenvalue weighted by molar-refractivity contribution is 6.36. The van der Waals surface area contributed by atoms with E-state index in [1.165, 1.54) is 18.2 Å². The molecule has 27 heavy (non-hydrogen) atoms. The second-order valence-corrected chi connectivity index (χ2v) is 8.07. The van der Waals surface area contributed by atoms with Gasteiger partial charge in [-0.3, -0.25) is 0 Å². The van der Waals surface area contributed by atoms with Crippen LogP contribution < -0.4 is 5.32 Å². The second kappa shape index (κ2) is 7.21. The highest BCUT2D eigenvalue weighted by atomic mass is 35.5. The summed E-state index contributed by atoms with van der Waals surface area (Å²) in [6, 6.07) is 9.78. The maximum atomic E-state index is 11.9. The van der Waals surface area contributed by atoms with Gasteiger partial charge in [-0.05, 0) is 49.4 Å². The highest BCUT2D eigenvalue weighted by Gasteiger charge is 2.38. The Morgan fingerprint density at radius 1 is 1.19 bits per heavy atom. The lowest BCUT2D eigenvalue weighted by molar-refractivity contribution is 0.0600. The van der Waals surface area contributed by atoms with Crippen LogP contribution in [0, 0.1) is 12.8 Å². The molecule has 0 aromatic heterocycles. The van der Waals surface area contributed by atoms with E-state index in [0.717, 1.165) is 24.1 Å². The fourth-order valence-electron chi connectivity index (χ4n) is 4.33. The molecule has 4 rings (SSSR count). The van der Waals surface area contributed by atoms with E-state index in [4.69, 9.17) is 27.9 Å². The second-order valence-electron chi connectivity index (χ2n) is 7.25. The van der Waals surface area contributed by atoms with E-state index >= 15 is 0 Å². The average molecular weight is 402 g/mol. The van der Waals surface area contributed by atoms with Gasteiger partial charge in [-0.25, -0.2) is 4.79 Å². The van der Waals surface area contributed by atoms with E-state index in [9.17, 15) is 4.79 Å². The number of fused-ring (bicyclic) bond motifs is 3. The van der Waals surface area contributed by atoms with E-state index in [-0.39, 0.29) is 6.04 Å². The fourth-order valence-corrected chi connectivity index (χ4v) is 5.05. The first-order valence-corrected chi connectivity index (χ1v) is 9.86. The summed E-state index contributed by atoms with van der Waals surface area (Å²) in [4.78, 5) is 11.9. The molecule has 3 nitrogen and oxygen atoms in total. The van der Waals surface area contributed by atoms with E-state index in [2.05, 4.69) is 42.6 Å². The number of nitrogens with one attached hydrogen (secondary N) is 1. The van der Waals surface area contributed by atoms with Crippen LogP contribution in [-0.2, 0) is 4.74 Å². The number of carbonyl (C=O) groups excluding carboxylic acids is 1. The predicted molar refractivity (Wildman–Crippen MR) is 110 cm³/mol. The Kier molecular flexibility index (Phi) is 4.92. The van der Waals surface area contributed by atoms with Crippen molar-refractivity contribution < 1.29 is 9.53 Å². The van der Waals surface area contributed by atoms with Gasteiger partial charge >= 0.3 is 5.97 Å². The molecule has 1 aliphatic heterocycles. The van der Waals surface area contributed by atoms with Crippen molar-refractivity contribution in [1.82, 2.24) is 0 Å². The normalized spacial score (nSPS) is 23.2. The average Bonchev–Trinajstić information content (AvgIpc) is 2.67. The molecule has 0 amide bonds. The van der Waals surface area contributed by atoms with Crippen LogP contribution in [0.5, 0.6) is 0 Å². The lowest BCUT2D eigenvalue weighted by atomic mass is 9.70. The number of benzene rings is 2. The van der Waals surface area contributed by atoms with Crippen LogP contribution in [0.4, 0.5) is 5.69 Å². The van der Waals surface area contributed by atoms with Gasteiger partial charge in [-0.1, -0.05) is 53.1 Å². The summed E-state index contributed by atoms with van der Waals surface area (Å²) in [6.07, 6.45) is 6.66. The quantitative estimate of drug-likeness (QED) is 0.473. The standard InChI is InChI=1S/C22H21Cl2NO2/c1-12-7-8-19-16(9-12)14-5-3-4-6-15(14)21(25-19)20-17(23)10-13(11-18(20)24)22(26)27-2/h3,5,7-11,14-15,21,25H,4,6H2,1-2H3/t14-,15+,21+/m1/s1. The number of esters is 1. The van der Waals surface area contributed by atoms with Gasteiger partial charge in [0.15, 0.2) is 0 Å². The number of hydrogen-bond acceptors (Lipinski definition) is 3. The number of aryl methyl sites for hydroxylation is 1. The molecule has 2 aromatic carbocycles. The molecule has 0 saturated carbocycles. The molecule has 5 heteroatoms. The fraction of sp³-hybridized carbons (Fsp3) is 0.318. The predicted octanol–water partition coefficient (Wildman–Crippen LogP) is 6.31. The van der Waals surface area contributed by atoms with Crippen LogP contribution >= 0.6 is 23.2 Å². The first-order chi connectivity index (χ1) is 13.0. The zero-order valence-corrected chi connectivity index (χ0v) is 16.8. The van der Waals surface area contributed by atoms with Crippen molar-refractivity contribution in [3.63, 3.8) is 0 Å². The first kappa shape index (κ1) is 18.4.